The highest BCUT2D eigenvalue weighted by atomic mass is 32.2. The minimum Gasteiger partial charge on any atom is -0.478 e. The van der Waals surface area contributed by atoms with Crippen LogP contribution in [0.25, 0.3) is 21.5 Å². The van der Waals surface area contributed by atoms with Gasteiger partial charge in [-0.2, -0.15) is 67.3 Å². The first kappa shape index (κ1) is 73.5. The molecule has 516 valence electrons. The molecule has 98 heavy (non-hydrogen) atoms. The van der Waals surface area contributed by atoms with Gasteiger partial charge in [-0.3, -0.25) is 55.6 Å². The lowest BCUT2D eigenvalue weighted by Crippen LogP contribution is -2.22. The third kappa shape index (κ3) is 16.4. The van der Waals surface area contributed by atoms with Crippen molar-refractivity contribution in [2.24, 2.45) is 0 Å². The summed E-state index contributed by atoms with van der Waals surface area (Å²) in [6.45, 7) is 0. The van der Waals surface area contributed by atoms with Crippen molar-refractivity contribution in [3.05, 3.63) is 155 Å². The Kier molecular flexibility index (Phi) is 19.4. The maximum Gasteiger partial charge on any atom is 0.335 e. The summed E-state index contributed by atoms with van der Waals surface area (Å²) >= 11 is 0. The van der Waals surface area contributed by atoms with Crippen molar-refractivity contribution in [1.29, 1.82) is 0 Å². The summed E-state index contributed by atoms with van der Waals surface area (Å²) in [4.78, 5) is 81.9. The van der Waals surface area contributed by atoms with Gasteiger partial charge in [-0.05, 0) is 121 Å². The van der Waals surface area contributed by atoms with E-state index in [0.717, 1.165) is 36.4 Å². The average molecular weight is 1520 g/mol. The molecule has 0 aliphatic rings. The van der Waals surface area contributed by atoms with Crippen molar-refractivity contribution in [2.75, 3.05) is 31.9 Å². The van der Waals surface area contributed by atoms with E-state index < -0.39 is 251 Å². The molecule has 0 fully saturated rings. The van der Waals surface area contributed by atoms with Gasteiger partial charge >= 0.3 is 18.0 Å². The molecular formula is C51H36N6O33S8. The van der Waals surface area contributed by atoms with Gasteiger partial charge in [0.05, 0.1) is 43.4 Å². The number of carbonyl (C=O) groups is 7. The van der Waals surface area contributed by atoms with Crippen LogP contribution in [-0.2, 0) is 80.9 Å². The van der Waals surface area contributed by atoms with Gasteiger partial charge in [0.1, 0.15) is 29.4 Å². The molecule has 8 rings (SSSR count). The molecule has 39 nitrogen and oxygen atoms in total. The van der Waals surface area contributed by atoms with Crippen molar-refractivity contribution < 1.29 is 148 Å². The third-order valence-corrected chi connectivity index (χ3v) is 20.2. The Hall–Kier alpha value is -10.4. The van der Waals surface area contributed by atoms with Crippen LogP contribution in [0, 0.1) is 0 Å². The van der Waals surface area contributed by atoms with E-state index in [1.54, 1.807) is 0 Å². The zero-order valence-electron chi connectivity index (χ0n) is 47.2. The molecule has 0 aliphatic heterocycles. The Morgan fingerprint density at radius 2 is 0.571 bits per heavy atom. The van der Waals surface area contributed by atoms with Crippen LogP contribution in [0.3, 0.4) is 0 Å². The summed E-state index contributed by atoms with van der Waals surface area (Å²) in [5.41, 5.74) is -8.89. The van der Waals surface area contributed by atoms with Gasteiger partial charge in [-0.25, -0.2) is 14.4 Å². The number of aromatic carboxylic acids is 2. The molecule has 16 N–H and O–H groups in total. The van der Waals surface area contributed by atoms with Crippen LogP contribution in [-0.4, -0.2) is 156 Å². The van der Waals surface area contributed by atoms with Gasteiger partial charge in [0.2, 0.25) is 0 Å². The molecule has 47 heteroatoms. The molecule has 6 amide bonds. The summed E-state index contributed by atoms with van der Waals surface area (Å²) in [6.07, 6.45) is 0. The van der Waals surface area contributed by atoms with Gasteiger partial charge in [-0.1, -0.05) is 0 Å². The number of anilines is 6. The highest BCUT2D eigenvalue weighted by Crippen LogP contribution is 2.40. The van der Waals surface area contributed by atoms with E-state index in [2.05, 4.69) is 21.3 Å². The highest BCUT2D eigenvalue weighted by molar-refractivity contribution is 7.88. The fraction of sp³-hybridized carbons (Fsp3) is 0. The van der Waals surface area contributed by atoms with Crippen molar-refractivity contribution in [3.63, 3.8) is 0 Å². The Morgan fingerprint density at radius 1 is 0.265 bits per heavy atom. The van der Waals surface area contributed by atoms with Crippen LogP contribution in [0.2, 0.25) is 0 Å². The quantitative estimate of drug-likeness (QED) is 0.0479. The first-order valence-corrected chi connectivity index (χ1v) is 36.7. The lowest BCUT2D eigenvalue weighted by molar-refractivity contribution is 0.0686. The summed E-state index contributed by atoms with van der Waals surface area (Å²) < 4.78 is 277. The minimum atomic E-state index is -5.66. The van der Waals surface area contributed by atoms with Crippen molar-refractivity contribution in [1.82, 2.24) is 0 Å². The van der Waals surface area contributed by atoms with Gasteiger partial charge in [-0.15, -0.1) is 0 Å². The first-order chi connectivity index (χ1) is 44.8. The van der Waals surface area contributed by atoms with Crippen LogP contribution in [0.15, 0.2) is 160 Å². The smallest absolute Gasteiger partial charge is 0.335 e. The zero-order chi connectivity index (χ0) is 73.3. The van der Waals surface area contributed by atoms with E-state index in [-0.39, 0.29) is 12.1 Å². The molecule has 0 unspecified atom stereocenters. The summed E-state index contributed by atoms with van der Waals surface area (Å²) in [5.74, 6) is -9.37. The third-order valence-electron chi connectivity index (χ3n) is 13.2. The Morgan fingerprint density at radius 3 is 0.857 bits per heavy atom. The number of rotatable bonds is 20. The lowest BCUT2D eigenvalue weighted by atomic mass is 10.1. The number of carboxylic acids is 2. The molecule has 8 aromatic carbocycles. The summed E-state index contributed by atoms with van der Waals surface area (Å²) in [5, 5.41) is 28.1. The molecular weight excluding hydrogens is 1480 g/mol. The Balaban J connectivity index is 1.03. The van der Waals surface area contributed by atoms with E-state index in [1.807, 2.05) is 10.6 Å². The summed E-state index contributed by atoms with van der Waals surface area (Å²) in [7, 11) is -44.2. The molecule has 0 heterocycles. The Labute approximate surface area is 548 Å². The summed E-state index contributed by atoms with van der Waals surface area (Å²) in [6, 6.07) is 9.94. The predicted molar refractivity (Wildman–Crippen MR) is 331 cm³/mol. The Bertz CT molecular complexity index is 5570. The van der Waals surface area contributed by atoms with Crippen molar-refractivity contribution in [3.8, 4) is 0 Å². The standard InChI is InChI=1S/C51H36N6O33S8/c58-45(52-25-1-3-31(39(15-25)95(79,80)81)47(60)56-35-5-7-37(93(73,74)75)33-17-29(91(67,68)69)19-41(43(33)35)97(85,86)87)21-9-23(49(62)63)13-27(11-21)54-51(66)55-28-12-22(10-24(14-28)50(64)65)46(59)53-26-2-4-32(40(16-26)96(82,83)84)48(61)57-36-6-8-38(94(76,77)78)34-18-30(92(70,71)72)20-42(44(34)36)98(88,89)90/h1-20H,(H,52,58)(H,53,59)(H,56,60)(H,57,61)(H,62,63)(H,64,65)(H2,54,55,66)(H,67,68,69)(H,70,71,72)(H,73,74,75)(H,76,77,78)(H,79,80,81)(H,82,83,84)(H,85,86,87)(H,88,89,90). The van der Waals surface area contributed by atoms with Gasteiger partial charge in [0, 0.05) is 55.4 Å². The molecule has 0 radical (unpaired) electrons. The normalized spacial score (nSPS) is 12.5. The molecule has 0 saturated heterocycles. The van der Waals surface area contributed by atoms with E-state index in [0.29, 0.717) is 72.8 Å². The maximum atomic E-state index is 13.7. The molecule has 0 bridgehead atoms. The number of carbonyl (C=O) groups excluding carboxylic acids is 5. The molecule has 8 aromatic rings. The molecule has 0 aromatic heterocycles. The van der Waals surface area contributed by atoms with Gasteiger partial charge in [0.15, 0.2) is 0 Å². The largest absolute Gasteiger partial charge is 0.478 e. The van der Waals surface area contributed by atoms with Gasteiger partial charge < -0.3 is 42.1 Å². The van der Waals surface area contributed by atoms with E-state index >= 15 is 0 Å². The molecule has 0 spiro atoms. The van der Waals surface area contributed by atoms with E-state index in [9.17, 15) is 148 Å². The lowest BCUT2D eigenvalue weighted by Gasteiger charge is -2.16. The maximum absolute atomic E-state index is 13.7. The fourth-order valence-corrected chi connectivity index (χ4v) is 14.7. The molecule has 0 atom stereocenters. The van der Waals surface area contributed by atoms with Gasteiger partial charge in [0.25, 0.3) is 105 Å². The minimum absolute atomic E-state index is 0.122. The van der Waals surface area contributed by atoms with Crippen molar-refractivity contribution >= 4 is 178 Å². The second-order valence-corrected chi connectivity index (χ2v) is 30.9. The highest BCUT2D eigenvalue weighted by Gasteiger charge is 2.32. The number of hydrogen-bond donors (Lipinski definition) is 16. The number of carboxylic acid groups (broad SMARTS) is 2. The topological polar surface area (TPSA) is 667 Å². The SMILES string of the molecule is O=C(Nc1cc(C(=O)O)cc(C(=O)Nc2ccc(C(=O)Nc3ccc(S(=O)(=O)O)c4cc(S(=O)(=O)O)cc(S(=O)(=O)O)c34)c(S(=O)(=O)O)c2)c1)Nc1cc(C(=O)O)cc(C(=O)Nc2ccc(C(=O)Nc3ccc(S(=O)(=O)O)c4cc(S(=O)(=O)O)cc(S(=O)(=O)O)c34)c(S(=O)(=O)O)c2)c1. The second-order valence-electron chi connectivity index (χ2n) is 19.7. The monoisotopic (exact) mass is 1520 g/mol. The van der Waals surface area contributed by atoms with E-state index in [4.69, 9.17) is 0 Å². The molecule has 0 aliphatic carbocycles. The number of amides is 6. The van der Waals surface area contributed by atoms with Crippen molar-refractivity contribution in [2.45, 2.75) is 39.2 Å². The zero-order valence-corrected chi connectivity index (χ0v) is 53.7. The van der Waals surface area contributed by atoms with Crippen LogP contribution >= 0.6 is 0 Å². The van der Waals surface area contributed by atoms with Crippen LogP contribution in [0.1, 0.15) is 62.1 Å². The van der Waals surface area contributed by atoms with Crippen LogP contribution in [0.5, 0.6) is 0 Å². The molecule has 0 saturated carbocycles. The predicted octanol–water partition coefficient (Wildman–Crippen LogP) is 4.02. The van der Waals surface area contributed by atoms with E-state index in [1.165, 1.54) is 0 Å². The average Bonchev–Trinajstić information content (AvgIpc) is 0.747. The first-order valence-electron chi connectivity index (χ1n) is 25.2. The fourth-order valence-electron chi connectivity index (χ4n) is 9.14. The number of nitrogens with one attached hydrogen (secondary N) is 6. The number of urea groups is 1. The second kappa shape index (κ2) is 25.9. The van der Waals surface area contributed by atoms with Crippen LogP contribution < -0.4 is 31.9 Å². The number of benzene rings is 8. The number of fused-ring (bicyclic) bond motifs is 2. The van der Waals surface area contributed by atoms with Crippen LogP contribution in [0.4, 0.5) is 38.9 Å². The number of hydrogen-bond acceptors (Lipinski definition) is 23.